The van der Waals surface area contributed by atoms with Crippen LogP contribution in [0, 0.1) is 0 Å². The quantitative estimate of drug-likeness (QED) is 0.800. The Morgan fingerprint density at radius 3 is 3.05 bits per heavy atom. The lowest BCUT2D eigenvalue weighted by molar-refractivity contribution is -0.135. The van der Waals surface area contributed by atoms with Gasteiger partial charge in [0.25, 0.3) is 0 Å². The van der Waals surface area contributed by atoms with Crippen LogP contribution in [0.3, 0.4) is 0 Å². The van der Waals surface area contributed by atoms with Crippen LogP contribution in [-0.2, 0) is 4.79 Å². The van der Waals surface area contributed by atoms with Crippen molar-refractivity contribution in [3.8, 4) is 11.6 Å². The summed E-state index contributed by atoms with van der Waals surface area (Å²) in [4.78, 5) is 17.6. The molecule has 6 nitrogen and oxygen atoms in total. The zero-order valence-electron chi connectivity index (χ0n) is 10.1. The number of hydrogen-bond acceptors (Lipinski definition) is 5. The van der Waals surface area contributed by atoms with E-state index < -0.39 is 0 Å². The first kappa shape index (κ1) is 12.2. The van der Waals surface area contributed by atoms with Gasteiger partial charge in [-0.3, -0.25) is 4.79 Å². The summed E-state index contributed by atoms with van der Waals surface area (Å²) in [6, 6.07) is 3.53. The molecule has 0 saturated carbocycles. The minimum absolute atomic E-state index is 0.0667. The van der Waals surface area contributed by atoms with E-state index in [1.54, 1.807) is 23.3 Å². The van der Waals surface area contributed by atoms with Crippen molar-refractivity contribution in [1.82, 2.24) is 15.0 Å². The number of furan rings is 1. The zero-order valence-corrected chi connectivity index (χ0v) is 10.8. The minimum atomic E-state index is 0.0667. The SMILES string of the molecule is O=C(CCCl)N1CC(c2nc(-c3ccco3)no2)C1. The highest BCUT2D eigenvalue weighted by Gasteiger charge is 2.35. The first-order valence-corrected chi connectivity index (χ1v) is 6.52. The van der Waals surface area contributed by atoms with Gasteiger partial charge in [0.05, 0.1) is 12.2 Å². The van der Waals surface area contributed by atoms with Crippen LogP contribution >= 0.6 is 11.6 Å². The minimum Gasteiger partial charge on any atom is -0.461 e. The molecule has 100 valence electrons. The van der Waals surface area contributed by atoms with Crippen molar-refractivity contribution in [2.75, 3.05) is 19.0 Å². The van der Waals surface area contributed by atoms with Crippen LogP contribution in [0.25, 0.3) is 11.6 Å². The van der Waals surface area contributed by atoms with E-state index in [4.69, 9.17) is 20.5 Å². The fourth-order valence-corrected chi connectivity index (χ4v) is 2.15. The number of carbonyl (C=O) groups is 1. The molecule has 0 atom stereocenters. The Morgan fingerprint density at radius 1 is 1.53 bits per heavy atom. The molecule has 1 fully saturated rings. The van der Waals surface area contributed by atoms with Crippen LogP contribution in [0.1, 0.15) is 18.2 Å². The fraction of sp³-hybridized carbons (Fsp3) is 0.417. The fourth-order valence-electron chi connectivity index (χ4n) is 1.98. The number of likely N-dealkylation sites (tertiary alicyclic amines) is 1. The van der Waals surface area contributed by atoms with Gasteiger partial charge in [0, 0.05) is 25.4 Å². The predicted octanol–water partition coefficient (Wildman–Crippen LogP) is 1.88. The third kappa shape index (κ3) is 2.35. The van der Waals surface area contributed by atoms with Crippen LogP contribution in [0.2, 0.25) is 0 Å². The summed E-state index contributed by atoms with van der Waals surface area (Å²) < 4.78 is 10.4. The number of rotatable bonds is 4. The monoisotopic (exact) mass is 281 g/mol. The molecule has 2 aromatic heterocycles. The molecule has 0 bridgehead atoms. The van der Waals surface area contributed by atoms with Crippen LogP contribution in [-0.4, -0.2) is 39.9 Å². The number of aromatic nitrogens is 2. The lowest BCUT2D eigenvalue weighted by atomic mass is 10.00. The van der Waals surface area contributed by atoms with E-state index in [0.29, 0.717) is 42.9 Å². The lowest BCUT2D eigenvalue weighted by Crippen LogP contribution is -2.48. The second kappa shape index (κ2) is 5.05. The summed E-state index contributed by atoms with van der Waals surface area (Å²) in [6.45, 7) is 1.21. The molecular formula is C12H12ClN3O3. The molecule has 0 N–H and O–H groups in total. The molecule has 0 aliphatic carbocycles. The first-order valence-electron chi connectivity index (χ1n) is 5.99. The van der Waals surface area contributed by atoms with Gasteiger partial charge in [-0.25, -0.2) is 0 Å². The molecule has 1 saturated heterocycles. The third-order valence-electron chi connectivity index (χ3n) is 3.08. The van der Waals surface area contributed by atoms with E-state index >= 15 is 0 Å². The summed E-state index contributed by atoms with van der Waals surface area (Å²) in [6.07, 6.45) is 1.93. The second-order valence-corrected chi connectivity index (χ2v) is 4.75. The summed E-state index contributed by atoms with van der Waals surface area (Å²) >= 11 is 5.54. The van der Waals surface area contributed by atoms with Crippen LogP contribution in [0.5, 0.6) is 0 Å². The van der Waals surface area contributed by atoms with E-state index in [2.05, 4.69) is 10.1 Å². The second-order valence-electron chi connectivity index (χ2n) is 4.37. The third-order valence-corrected chi connectivity index (χ3v) is 3.26. The van der Waals surface area contributed by atoms with Crippen LogP contribution in [0.4, 0.5) is 0 Å². The number of hydrogen-bond donors (Lipinski definition) is 0. The highest BCUT2D eigenvalue weighted by atomic mass is 35.5. The van der Waals surface area contributed by atoms with Gasteiger partial charge in [0.2, 0.25) is 17.6 Å². The average molecular weight is 282 g/mol. The number of nitrogens with zero attached hydrogens (tertiary/aromatic N) is 3. The van der Waals surface area contributed by atoms with E-state index in [1.165, 1.54) is 0 Å². The topological polar surface area (TPSA) is 72.4 Å². The molecule has 0 radical (unpaired) electrons. The molecule has 3 heterocycles. The van der Waals surface area contributed by atoms with E-state index in [1.807, 2.05) is 0 Å². The van der Waals surface area contributed by atoms with Crippen molar-refractivity contribution in [2.24, 2.45) is 0 Å². The Morgan fingerprint density at radius 2 is 2.37 bits per heavy atom. The molecule has 0 spiro atoms. The molecule has 7 heteroatoms. The smallest absolute Gasteiger partial charge is 0.238 e. The van der Waals surface area contributed by atoms with E-state index in [9.17, 15) is 4.79 Å². The van der Waals surface area contributed by atoms with Gasteiger partial charge in [-0.2, -0.15) is 4.98 Å². The van der Waals surface area contributed by atoms with Gasteiger partial charge >= 0.3 is 0 Å². The highest BCUT2D eigenvalue weighted by molar-refractivity contribution is 6.18. The maximum absolute atomic E-state index is 11.6. The normalized spacial score (nSPS) is 15.5. The number of halogens is 1. The average Bonchev–Trinajstić information content (AvgIpc) is 2.97. The summed E-state index contributed by atoms with van der Waals surface area (Å²) in [5, 5.41) is 3.86. The van der Waals surface area contributed by atoms with Crippen molar-refractivity contribution < 1.29 is 13.7 Å². The Labute approximate surface area is 114 Å². The van der Waals surface area contributed by atoms with Gasteiger partial charge in [0.1, 0.15) is 0 Å². The highest BCUT2D eigenvalue weighted by Crippen LogP contribution is 2.28. The Kier molecular flexibility index (Phi) is 3.25. The maximum Gasteiger partial charge on any atom is 0.238 e. The number of amides is 1. The van der Waals surface area contributed by atoms with E-state index in [0.717, 1.165) is 0 Å². The van der Waals surface area contributed by atoms with Gasteiger partial charge in [-0.05, 0) is 12.1 Å². The Hall–Kier alpha value is -1.82. The molecular weight excluding hydrogens is 270 g/mol. The molecule has 2 aromatic rings. The van der Waals surface area contributed by atoms with Gasteiger partial charge < -0.3 is 13.8 Å². The van der Waals surface area contributed by atoms with Gasteiger partial charge in [-0.15, -0.1) is 11.6 Å². The van der Waals surface area contributed by atoms with Crippen molar-refractivity contribution in [3.63, 3.8) is 0 Å². The van der Waals surface area contributed by atoms with Crippen LogP contribution < -0.4 is 0 Å². The molecule has 1 amide bonds. The maximum atomic E-state index is 11.6. The first-order chi connectivity index (χ1) is 9.28. The number of alkyl halides is 1. The van der Waals surface area contributed by atoms with Crippen molar-refractivity contribution in [3.05, 3.63) is 24.3 Å². The lowest BCUT2D eigenvalue weighted by Gasteiger charge is -2.37. The molecule has 1 aliphatic rings. The molecule has 1 aliphatic heterocycles. The summed E-state index contributed by atoms with van der Waals surface area (Å²) in [5.74, 6) is 2.08. The van der Waals surface area contributed by atoms with E-state index in [-0.39, 0.29) is 11.8 Å². The van der Waals surface area contributed by atoms with Crippen molar-refractivity contribution in [2.45, 2.75) is 12.3 Å². The summed E-state index contributed by atoms with van der Waals surface area (Å²) in [5.41, 5.74) is 0. The standard InChI is InChI=1S/C12H12ClN3O3/c13-4-3-10(17)16-6-8(7-16)12-14-11(15-19-12)9-2-1-5-18-9/h1-2,5,8H,3-4,6-7H2. The zero-order chi connectivity index (χ0) is 13.2. The molecule has 19 heavy (non-hydrogen) atoms. The predicted molar refractivity (Wildman–Crippen MR) is 66.7 cm³/mol. The van der Waals surface area contributed by atoms with Crippen molar-refractivity contribution >= 4 is 17.5 Å². The Balaban J connectivity index is 1.62. The number of carbonyl (C=O) groups excluding carboxylic acids is 1. The van der Waals surface area contributed by atoms with Crippen LogP contribution in [0.15, 0.2) is 27.3 Å². The van der Waals surface area contributed by atoms with Crippen molar-refractivity contribution in [1.29, 1.82) is 0 Å². The molecule has 3 rings (SSSR count). The Bertz CT molecular complexity index is 561. The summed E-state index contributed by atoms with van der Waals surface area (Å²) in [7, 11) is 0. The molecule has 0 unspecified atom stereocenters. The largest absolute Gasteiger partial charge is 0.461 e. The van der Waals surface area contributed by atoms with Gasteiger partial charge in [-0.1, -0.05) is 5.16 Å². The molecule has 0 aromatic carbocycles. The van der Waals surface area contributed by atoms with Gasteiger partial charge in [0.15, 0.2) is 5.76 Å².